The molecule has 0 spiro atoms. The number of carbonyl (C=O) groups excluding carboxylic acids is 1. The predicted octanol–water partition coefficient (Wildman–Crippen LogP) is 2.52. The van der Waals surface area contributed by atoms with Crippen molar-refractivity contribution < 1.29 is 9.18 Å². The number of nitrogens with one attached hydrogen (secondary N) is 1. The van der Waals surface area contributed by atoms with Crippen molar-refractivity contribution in [2.75, 3.05) is 19.6 Å². The summed E-state index contributed by atoms with van der Waals surface area (Å²) < 4.78 is 12.9. The molecular weight excluding hydrogens is 231 g/mol. The third-order valence-electron chi connectivity index (χ3n) is 3.45. The van der Waals surface area contributed by atoms with E-state index in [0.717, 1.165) is 25.1 Å². The predicted molar refractivity (Wildman–Crippen MR) is 69.0 cm³/mol. The van der Waals surface area contributed by atoms with Gasteiger partial charge < -0.3 is 10.2 Å². The lowest BCUT2D eigenvalue weighted by Crippen LogP contribution is -2.50. The summed E-state index contributed by atoms with van der Waals surface area (Å²) in [5, 5.41) is 2.93. The molecule has 0 radical (unpaired) electrons. The minimum Gasteiger partial charge on any atom is -0.337 e. The molecule has 0 saturated carbocycles. The number of hydrogen-bond donors (Lipinski definition) is 1. The molecule has 1 aromatic carbocycles. The average Bonchev–Trinajstić information content (AvgIpc) is 2.25. The first-order valence-electron chi connectivity index (χ1n) is 6.28. The van der Waals surface area contributed by atoms with Crippen LogP contribution in [0.4, 0.5) is 9.18 Å². The van der Waals surface area contributed by atoms with Crippen LogP contribution in [0.3, 0.4) is 0 Å². The van der Waals surface area contributed by atoms with Gasteiger partial charge in [0, 0.05) is 25.0 Å². The third kappa shape index (κ3) is 2.81. The number of likely N-dealkylation sites (tertiary alicyclic amines) is 1. The summed E-state index contributed by atoms with van der Waals surface area (Å²) in [5.74, 6) is -0.237. The summed E-state index contributed by atoms with van der Waals surface area (Å²) in [6, 6.07) is 6.44. The number of amides is 2. The molecule has 1 aromatic rings. The van der Waals surface area contributed by atoms with Gasteiger partial charge in [-0.15, -0.1) is 0 Å². The molecule has 1 N–H and O–H groups in total. The highest BCUT2D eigenvalue weighted by atomic mass is 19.1. The van der Waals surface area contributed by atoms with Crippen molar-refractivity contribution >= 4 is 6.03 Å². The Balaban J connectivity index is 1.93. The second kappa shape index (κ2) is 4.96. The minimum absolute atomic E-state index is 0.00330. The van der Waals surface area contributed by atoms with Crippen LogP contribution in [0.1, 0.15) is 25.8 Å². The van der Waals surface area contributed by atoms with Crippen LogP contribution in [0.5, 0.6) is 0 Å². The topological polar surface area (TPSA) is 32.3 Å². The standard InChI is InChI=1S/C14H19FN2O/c1-14(2,11-4-6-12(15)7-5-11)10-16-13(18)17-8-3-9-17/h4-7H,3,8-10H2,1-2H3,(H,16,18). The van der Waals surface area contributed by atoms with Crippen LogP contribution in [-0.4, -0.2) is 30.6 Å². The van der Waals surface area contributed by atoms with Crippen molar-refractivity contribution in [3.05, 3.63) is 35.6 Å². The van der Waals surface area contributed by atoms with Crippen LogP contribution in [0.2, 0.25) is 0 Å². The monoisotopic (exact) mass is 250 g/mol. The quantitative estimate of drug-likeness (QED) is 0.878. The Morgan fingerprint density at radius 2 is 1.94 bits per heavy atom. The summed E-state index contributed by atoms with van der Waals surface area (Å²) in [6.07, 6.45) is 1.09. The van der Waals surface area contributed by atoms with Crippen LogP contribution in [0.15, 0.2) is 24.3 Å². The Morgan fingerprint density at radius 1 is 1.33 bits per heavy atom. The molecule has 1 aliphatic rings. The van der Waals surface area contributed by atoms with Gasteiger partial charge >= 0.3 is 6.03 Å². The number of halogens is 1. The van der Waals surface area contributed by atoms with E-state index in [0.29, 0.717) is 6.54 Å². The first kappa shape index (κ1) is 12.9. The largest absolute Gasteiger partial charge is 0.337 e. The van der Waals surface area contributed by atoms with Crippen LogP contribution in [0.25, 0.3) is 0 Å². The van der Waals surface area contributed by atoms with Crippen molar-refractivity contribution in [2.45, 2.75) is 25.7 Å². The molecule has 1 fully saturated rings. The van der Waals surface area contributed by atoms with E-state index in [1.54, 1.807) is 17.0 Å². The van der Waals surface area contributed by atoms with Crippen LogP contribution in [0, 0.1) is 5.82 Å². The summed E-state index contributed by atoms with van der Waals surface area (Å²) >= 11 is 0. The van der Waals surface area contributed by atoms with Crippen LogP contribution < -0.4 is 5.32 Å². The van der Waals surface area contributed by atoms with Gasteiger partial charge in [-0.3, -0.25) is 0 Å². The average molecular weight is 250 g/mol. The highest BCUT2D eigenvalue weighted by Crippen LogP contribution is 2.22. The Hall–Kier alpha value is -1.58. The van der Waals surface area contributed by atoms with E-state index in [1.807, 2.05) is 13.8 Å². The summed E-state index contributed by atoms with van der Waals surface area (Å²) in [4.78, 5) is 13.5. The normalized spacial score (nSPS) is 15.2. The van der Waals surface area contributed by atoms with E-state index in [2.05, 4.69) is 5.32 Å². The van der Waals surface area contributed by atoms with Crippen molar-refractivity contribution in [3.8, 4) is 0 Å². The molecule has 2 rings (SSSR count). The number of nitrogens with zero attached hydrogens (tertiary/aromatic N) is 1. The van der Waals surface area contributed by atoms with E-state index in [-0.39, 0.29) is 17.3 Å². The maximum atomic E-state index is 12.9. The van der Waals surface area contributed by atoms with Gasteiger partial charge in [0.05, 0.1) is 0 Å². The van der Waals surface area contributed by atoms with E-state index < -0.39 is 0 Å². The van der Waals surface area contributed by atoms with Crippen molar-refractivity contribution in [1.82, 2.24) is 10.2 Å². The van der Waals surface area contributed by atoms with Crippen molar-refractivity contribution in [1.29, 1.82) is 0 Å². The second-order valence-corrected chi connectivity index (χ2v) is 5.39. The van der Waals surface area contributed by atoms with Crippen LogP contribution >= 0.6 is 0 Å². The third-order valence-corrected chi connectivity index (χ3v) is 3.45. The van der Waals surface area contributed by atoms with Gasteiger partial charge in [0.25, 0.3) is 0 Å². The van der Waals surface area contributed by atoms with Gasteiger partial charge in [-0.1, -0.05) is 26.0 Å². The van der Waals surface area contributed by atoms with Gasteiger partial charge in [0.2, 0.25) is 0 Å². The first-order valence-corrected chi connectivity index (χ1v) is 6.28. The molecule has 1 saturated heterocycles. The number of rotatable bonds is 3. The van der Waals surface area contributed by atoms with Gasteiger partial charge in [-0.25, -0.2) is 9.18 Å². The summed E-state index contributed by atoms with van der Waals surface area (Å²) in [6.45, 7) is 6.33. The lowest BCUT2D eigenvalue weighted by Gasteiger charge is -2.33. The Labute approximate surface area is 107 Å². The van der Waals surface area contributed by atoms with Crippen LogP contribution in [-0.2, 0) is 5.41 Å². The van der Waals surface area contributed by atoms with E-state index >= 15 is 0 Å². The summed E-state index contributed by atoms with van der Waals surface area (Å²) in [5.41, 5.74) is 0.821. The molecule has 0 unspecified atom stereocenters. The second-order valence-electron chi connectivity index (χ2n) is 5.39. The van der Waals surface area contributed by atoms with Crippen molar-refractivity contribution in [2.24, 2.45) is 0 Å². The highest BCUT2D eigenvalue weighted by Gasteiger charge is 2.25. The fraction of sp³-hybridized carbons (Fsp3) is 0.500. The smallest absolute Gasteiger partial charge is 0.317 e. The number of benzene rings is 1. The molecule has 4 heteroatoms. The molecule has 98 valence electrons. The molecule has 3 nitrogen and oxygen atoms in total. The lowest BCUT2D eigenvalue weighted by atomic mass is 9.84. The number of carbonyl (C=O) groups is 1. The maximum absolute atomic E-state index is 12.9. The van der Waals surface area contributed by atoms with E-state index in [9.17, 15) is 9.18 Å². The zero-order chi connectivity index (χ0) is 13.2. The molecule has 1 aliphatic heterocycles. The molecule has 0 aromatic heterocycles. The van der Waals surface area contributed by atoms with E-state index in [1.165, 1.54) is 12.1 Å². The Kier molecular flexibility index (Phi) is 3.55. The number of urea groups is 1. The molecular formula is C14H19FN2O. The van der Waals surface area contributed by atoms with Gasteiger partial charge in [0.1, 0.15) is 5.82 Å². The molecule has 0 aliphatic carbocycles. The molecule has 0 atom stereocenters. The fourth-order valence-corrected chi connectivity index (χ4v) is 1.93. The first-order chi connectivity index (χ1) is 8.49. The number of hydrogen-bond acceptors (Lipinski definition) is 1. The lowest BCUT2D eigenvalue weighted by molar-refractivity contribution is 0.165. The fourth-order valence-electron chi connectivity index (χ4n) is 1.93. The van der Waals surface area contributed by atoms with Gasteiger partial charge in [0.15, 0.2) is 0 Å². The zero-order valence-electron chi connectivity index (χ0n) is 10.9. The molecule has 0 bridgehead atoms. The van der Waals surface area contributed by atoms with Crippen molar-refractivity contribution in [3.63, 3.8) is 0 Å². The molecule has 2 amide bonds. The zero-order valence-corrected chi connectivity index (χ0v) is 10.9. The molecule has 1 heterocycles. The Bertz CT molecular complexity index is 424. The SMILES string of the molecule is CC(C)(CNC(=O)N1CCC1)c1ccc(F)cc1. The highest BCUT2D eigenvalue weighted by molar-refractivity contribution is 5.75. The summed E-state index contributed by atoms with van der Waals surface area (Å²) in [7, 11) is 0. The van der Waals surface area contributed by atoms with Gasteiger partial charge in [-0.05, 0) is 24.1 Å². The molecule has 18 heavy (non-hydrogen) atoms. The Morgan fingerprint density at radius 3 is 2.44 bits per heavy atom. The van der Waals surface area contributed by atoms with Gasteiger partial charge in [-0.2, -0.15) is 0 Å². The maximum Gasteiger partial charge on any atom is 0.317 e. The minimum atomic E-state index is -0.237. The van der Waals surface area contributed by atoms with E-state index in [4.69, 9.17) is 0 Å².